The number of nitrogens with zero attached hydrogens (tertiary/aromatic N) is 2. The molecule has 0 radical (unpaired) electrons. The summed E-state index contributed by atoms with van der Waals surface area (Å²) in [5, 5.41) is 1.92. The quantitative estimate of drug-likeness (QED) is 0.196. The van der Waals surface area contributed by atoms with Gasteiger partial charge in [-0.3, -0.25) is 9.36 Å². The van der Waals surface area contributed by atoms with Crippen LogP contribution in [0.25, 0.3) is 11.8 Å². The van der Waals surface area contributed by atoms with Crippen molar-refractivity contribution in [3.8, 4) is 11.5 Å². The minimum atomic E-state index is -0.695. The summed E-state index contributed by atoms with van der Waals surface area (Å²) in [5.41, 5.74) is 2.84. The van der Waals surface area contributed by atoms with Crippen molar-refractivity contribution in [1.82, 2.24) is 4.57 Å². The molecule has 0 aliphatic carbocycles. The molecule has 10 heteroatoms. The van der Waals surface area contributed by atoms with Gasteiger partial charge in [-0.2, -0.15) is 0 Å². The molecule has 2 aromatic heterocycles. The van der Waals surface area contributed by atoms with E-state index in [4.69, 9.17) is 19.2 Å². The molecular formula is C34H27FN2O5S2. The number of aromatic nitrogens is 1. The first-order valence-corrected chi connectivity index (χ1v) is 15.5. The van der Waals surface area contributed by atoms with Crippen molar-refractivity contribution in [2.24, 2.45) is 4.99 Å². The molecule has 5 aromatic rings. The summed E-state index contributed by atoms with van der Waals surface area (Å²) in [5.74, 6) is 0.181. The lowest BCUT2D eigenvalue weighted by Crippen LogP contribution is -2.39. The topological polar surface area (TPSA) is 79.1 Å². The number of methoxy groups -OCH3 is 1. The van der Waals surface area contributed by atoms with Crippen LogP contribution in [0.3, 0.4) is 0 Å². The maximum Gasteiger partial charge on any atom is 0.338 e. The molecule has 3 heterocycles. The summed E-state index contributed by atoms with van der Waals surface area (Å²) in [6.45, 7) is 2.19. The number of rotatable bonds is 9. The van der Waals surface area contributed by atoms with Crippen molar-refractivity contribution < 1.29 is 23.4 Å². The van der Waals surface area contributed by atoms with Crippen LogP contribution in [-0.4, -0.2) is 24.3 Å². The number of carbonyl (C=O) groups is 1. The third-order valence-corrected chi connectivity index (χ3v) is 8.89. The van der Waals surface area contributed by atoms with E-state index in [-0.39, 0.29) is 24.6 Å². The minimum Gasteiger partial charge on any atom is -0.493 e. The molecule has 44 heavy (non-hydrogen) atoms. The van der Waals surface area contributed by atoms with Gasteiger partial charge >= 0.3 is 5.97 Å². The Balaban J connectivity index is 1.44. The Kier molecular flexibility index (Phi) is 8.53. The minimum absolute atomic E-state index is 0.192. The molecule has 0 bridgehead atoms. The fourth-order valence-corrected chi connectivity index (χ4v) is 6.77. The number of hydrogen-bond acceptors (Lipinski definition) is 8. The van der Waals surface area contributed by atoms with Crippen molar-refractivity contribution in [2.75, 3.05) is 13.7 Å². The fraction of sp³-hybridized carbons (Fsp3) is 0.147. The number of fused-ring (bicyclic) bond motifs is 1. The van der Waals surface area contributed by atoms with E-state index in [0.717, 1.165) is 21.6 Å². The maximum atomic E-state index is 14.0. The number of carbonyl (C=O) groups excluding carboxylic acids is 1. The average molecular weight is 627 g/mol. The summed E-state index contributed by atoms with van der Waals surface area (Å²) in [6.07, 6.45) is 1.78. The van der Waals surface area contributed by atoms with E-state index in [2.05, 4.69) is 0 Å². The standard InChI is InChI=1S/C34H27FN2O5S2/c1-3-41-33(39)29-30(23-8-5-4-6-9-23)36-34-37(31(29)27-10-7-17-43-27)32(38)28(44-34)19-22-13-16-25(26(18-22)40-2)42-20-21-11-14-24(35)15-12-21/h4-19,31H,3,20H2,1-2H3/b28-19-/t31-/m0/s1. The Hall–Kier alpha value is -4.80. The molecule has 7 nitrogen and oxygen atoms in total. The molecule has 0 saturated heterocycles. The van der Waals surface area contributed by atoms with E-state index in [1.54, 1.807) is 48.9 Å². The number of ether oxygens (including phenoxy) is 3. The molecule has 0 unspecified atom stereocenters. The normalized spacial score (nSPS) is 14.6. The zero-order chi connectivity index (χ0) is 30.6. The van der Waals surface area contributed by atoms with Crippen LogP contribution in [0, 0.1) is 5.82 Å². The van der Waals surface area contributed by atoms with Gasteiger partial charge < -0.3 is 14.2 Å². The molecular weight excluding hydrogens is 600 g/mol. The van der Waals surface area contributed by atoms with Crippen molar-refractivity contribution in [3.63, 3.8) is 0 Å². The largest absolute Gasteiger partial charge is 0.493 e. The van der Waals surface area contributed by atoms with Gasteiger partial charge in [-0.05, 0) is 59.8 Å². The van der Waals surface area contributed by atoms with Crippen LogP contribution in [-0.2, 0) is 16.1 Å². The van der Waals surface area contributed by atoms with Gasteiger partial charge in [0.15, 0.2) is 16.3 Å². The van der Waals surface area contributed by atoms with Gasteiger partial charge in [0.2, 0.25) is 0 Å². The van der Waals surface area contributed by atoms with Gasteiger partial charge in [0, 0.05) is 10.4 Å². The predicted octanol–water partition coefficient (Wildman–Crippen LogP) is 5.72. The third kappa shape index (κ3) is 5.86. The molecule has 0 amide bonds. The zero-order valence-corrected chi connectivity index (χ0v) is 25.5. The number of halogens is 1. The van der Waals surface area contributed by atoms with Crippen LogP contribution in [0.1, 0.15) is 34.5 Å². The lowest BCUT2D eigenvalue weighted by Gasteiger charge is -2.24. The Morgan fingerprint density at radius 2 is 1.82 bits per heavy atom. The summed E-state index contributed by atoms with van der Waals surface area (Å²) in [6, 6.07) is 24.0. The molecule has 0 saturated carbocycles. The molecule has 0 fully saturated rings. The molecule has 1 aliphatic rings. The van der Waals surface area contributed by atoms with E-state index < -0.39 is 12.0 Å². The Morgan fingerprint density at radius 3 is 2.52 bits per heavy atom. The van der Waals surface area contributed by atoms with Gasteiger partial charge in [-0.1, -0.05) is 65.9 Å². The Bertz CT molecular complexity index is 2010. The number of thiazole rings is 1. The number of hydrogen-bond donors (Lipinski definition) is 0. The molecule has 0 N–H and O–H groups in total. The highest BCUT2D eigenvalue weighted by Crippen LogP contribution is 2.37. The smallest absolute Gasteiger partial charge is 0.338 e. The Labute approximate surface area is 260 Å². The van der Waals surface area contributed by atoms with Gasteiger partial charge in [0.25, 0.3) is 5.56 Å². The van der Waals surface area contributed by atoms with Gasteiger partial charge in [0.1, 0.15) is 18.5 Å². The van der Waals surface area contributed by atoms with Crippen molar-refractivity contribution in [3.05, 3.63) is 143 Å². The number of thiophene rings is 1. The second-order valence-corrected chi connectivity index (χ2v) is 11.8. The predicted molar refractivity (Wildman–Crippen MR) is 169 cm³/mol. The van der Waals surface area contributed by atoms with Gasteiger partial charge in [-0.25, -0.2) is 14.2 Å². The number of esters is 1. The van der Waals surface area contributed by atoms with Crippen molar-refractivity contribution >= 4 is 40.4 Å². The molecule has 6 rings (SSSR count). The van der Waals surface area contributed by atoms with E-state index in [9.17, 15) is 14.0 Å². The molecule has 0 spiro atoms. The van der Waals surface area contributed by atoms with Crippen LogP contribution in [0.4, 0.5) is 4.39 Å². The summed E-state index contributed by atoms with van der Waals surface area (Å²) >= 11 is 2.72. The van der Waals surface area contributed by atoms with Crippen molar-refractivity contribution in [2.45, 2.75) is 19.6 Å². The van der Waals surface area contributed by atoms with E-state index in [1.165, 1.54) is 34.8 Å². The van der Waals surface area contributed by atoms with Crippen molar-refractivity contribution in [1.29, 1.82) is 0 Å². The van der Waals surface area contributed by atoms with Gasteiger partial charge in [-0.15, -0.1) is 11.3 Å². The van der Waals surface area contributed by atoms with Crippen LogP contribution < -0.4 is 24.4 Å². The van der Waals surface area contributed by atoms with Crippen LogP contribution in [0.5, 0.6) is 11.5 Å². The molecule has 3 aromatic carbocycles. The molecule has 1 aliphatic heterocycles. The highest BCUT2D eigenvalue weighted by molar-refractivity contribution is 7.10. The van der Waals surface area contributed by atoms with Gasteiger partial charge in [0.05, 0.1) is 29.5 Å². The lowest BCUT2D eigenvalue weighted by atomic mass is 9.97. The molecule has 222 valence electrons. The summed E-state index contributed by atoms with van der Waals surface area (Å²) in [7, 11) is 1.54. The maximum absolute atomic E-state index is 14.0. The highest BCUT2D eigenvalue weighted by Gasteiger charge is 2.35. The monoisotopic (exact) mass is 626 g/mol. The summed E-state index contributed by atoms with van der Waals surface area (Å²) < 4.78 is 32.3. The molecule has 1 atom stereocenters. The second-order valence-electron chi connectivity index (χ2n) is 9.77. The first-order chi connectivity index (χ1) is 21.5. The highest BCUT2D eigenvalue weighted by atomic mass is 32.1. The third-order valence-electron chi connectivity index (χ3n) is 6.98. The fourth-order valence-electron chi connectivity index (χ4n) is 4.94. The summed E-state index contributed by atoms with van der Waals surface area (Å²) in [4.78, 5) is 33.7. The van der Waals surface area contributed by atoms with E-state index in [0.29, 0.717) is 32.1 Å². The Morgan fingerprint density at radius 1 is 1.02 bits per heavy atom. The van der Waals surface area contributed by atoms with Crippen LogP contribution in [0.15, 0.2) is 106 Å². The average Bonchev–Trinajstić information content (AvgIpc) is 3.69. The first kappa shape index (κ1) is 29.3. The SMILES string of the molecule is CCOC(=O)C1=C(c2ccccc2)N=c2s/c(=C\c3ccc(OCc4ccc(F)cc4)c(OC)c3)c(=O)n2[C@H]1c1cccs1. The number of benzene rings is 3. The van der Waals surface area contributed by atoms with Crippen LogP contribution >= 0.6 is 22.7 Å². The second kappa shape index (κ2) is 12.8. The first-order valence-electron chi connectivity index (χ1n) is 13.8. The van der Waals surface area contributed by atoms with E-state index >= 15 is 0 Å². The lowest BCUT2D eigenvalue weighted by molar-refractivity contribution is -0.138. The van der Waals surface area contributed by atoms with Crippen LogP contribution in [0.2, 0.25) is 0 Å². The zero-order valence-electron chi connectivity index (χ0n) is 23.9. The van der Waals surface area contributed by atoms with E-state index in [1.807, 2.05) is 53.9 Å².